The molecular weight excluding hydrogens is 388 g/mol. The summed E-state index contributed by atoms with van der Waals surface area (Å²) < 4.78 is 6.34. The Balaban J connectivity index is 1.69. The number of furan rings is 1. The van der Waals surface area contributed by atoms with Crippen LogP contribution in [0.15, 0.2) is 126 Å². The first-order chi connectivity index (χ1) is 15.9. The van der Waals surface area contributed by atoms with Crippen LogP contribution < -0.4 is 0 Å². The van der Waals surface area contributed by atoms with Gasteiger partial charge in [-0.05, 0) is 51.6 Å². The third kappa shape index (κ3) is 2.18. The van der Waals surface area contributed by atoms with Gasteiger partial charge in [-0.1, -0.05) is 103 Å². The standard InChI is InChI=1S/C31H20O/c1-3-11-21(12-4-1)31(22-13-5-2-6-14-22)27-17-9-7-15-23(27)25-19-26-24-16-8-10-18-29(24)32-30(26)20-28(25)31/h1-20H. The summed E-state index contributed by atoms with van der Waals surface area (Å²) in [5, 5.41) is 2.34. The number of para-hydroxylation sites is 1. The summed E-state index contributed by atoms with van der Waals surface area (Å²) >= 11 is 0. The smallest absolute Gasteiger partial charge is 0.135 e. The van der Waals surface area contributed by atoms with Crippen molar-refractivity contribution in [1.29, 1.82) is 0 Å². The maximum absolute atomic E-state index is 6.34. The van der Waals surface area contributed by atoms with Crippen LogP contribution in [0.4, 0.5) is 0 Å². The molecule has 5 aromatic carbocycles. The minimum absolute atomic E-state index is 0.387. The molecule has 7 rings (SSSR count). The Bertz CT molecular complexity index is 1570. The maximum Gasteiger partial charge on any atom is 0.135 e. The van der Waals surface area contributed by atoms with Crippen molar-refractivity contribution in [3.63, 3.8) is 0 Å². The molecule has 6 aromatic rings. The Morgan fingerprint density at radius 2 is 1.06 bits per heavy atom. The number of hydrogen-bond acceptors (Lipinski definition) is 1. The zero-order chi connectivity index (χ0) is 21.1. The highest BCUT2D eigenvalue weighted by molar-refractivity contribution is 6.08. The summed E-state index contributed by atoms with van der Waals surface area (Å²) in [4.78, 5) is 0. The summed E-state index contributed by atoms with van der Waals surface area (Å²) in [5.74, 6) is 0. The monoisotopic (exact) mass is 408 g/mol. The average Bonchev–Trinajstić information content (AvgIpc) is 3.37. The molecule has 0 bridgehead atoms. The Labute approximate surface area is 186 Å². The predicted octanol–water partition coefficient (Wildman–Crippen LogP) is 7.95. The van der Waals surface area contributed by atoms with E-state index in [-0.39, 0.29) is 5.41 Å². The molecule has 0 saturated heterocycles. The number of benzene rings is 5. The van der Waals surface area contributed by atoms with E-state index in [1.54, 1.807) is 0 Å². The van der Waals surface area contributed by atoms with Crippen LogP contribution in [-0.2, 0) is 5.41 Å². The van der Waals surface area contributed by atoms with Gasteiger partial charge in [0.15, 0.2) is 0 Å². The zero-order valence-corrected chi connectivity index (χ0v) is 17.5. The lowest BCUT2D eigenvalue weighted by Gasteiger charge is -2.33. The topological polar surface area (TPSA) is 13.1 Å². The van der Waals surface area contributed by atoms with Crippen LogP contribution >= 0.6 is 0 Å². The van der Waals surface area contributed by atoms with Gasteiger partial charge in [-0.25, -0.2) is 0 Å². The summed E-state index contributed by atoms with van der Waals surface area (Å²) in [5.41, 5.74) is 9.21. The predicted molar refractivity (Wildman–Crippen MR) is 131 cm³/mol. The second-order valence-electron chi connectivity index (χ2n) is 8.52. The van der Waals surface area contributed by atoms with E-state index >= 15 is 0 Å². The van der Waals surface area contributed by atoms with Gasteiger partial charge in [0.05, 0.1) is 5.41 Å². The first kappa shape index (κ1) is 17.6. The highest BCUT2D eigenvalue weighted by Gasteiger charge is 2.46. The lowest BCUT2D eigenvalue weighted by Crippen LogP contribution is -2.28. The molecule has 0 N–H and O–H groups in total. The number of fused-ring (bicyclic) bond motifs is 6. The first-order valence-electron chi connectivity index (χ1n) is 11.0. The van der Waals surface area contributed by atoms with Gasteiger partial charge in [0.1, 0.15) is 11.2 Å². The van der Waals surface area contributed by atoms with E-state index < -0.39 is 0 Å². The summed E-state index contributed by atoms with van der Waals surface area (Å²) in [6.45, 7) is 0. The molecule has 0 unspecified atom stereocenters. The van der Waals surface area contributed by atoms with Crippen LogP contribution in [0.25, 0.3) is 33.1 Å². The van der Waals surface area contributed by atoms with Crippen LogP contribution in [0, 0.1) is 0 Å². The van der Waals surface area contributed by atoms with Gasteiger partial charge in [-0.3, -0.25) is 0 Å². The summed E-state index contributed by atoms with van der Waals surface area (Å²) in [6, 6.07) is 43.5. The van der Waals surface area contributed by atoms with Crippen molar-refractivity contribution in [2.75, 3.05) is 0 Å². The lowest BCUT2D eigenvalue weighted by molar-refractivity contribution is 0.666. The zero-order valence-electron chi connectivity index (χ0n) is 17.5. The van der Waals surface area contributed by atoms with Gasteiger partial charge in [-0.2, -0.15) is 0 Å². The molecule has 0 fully saturated rings. The molecule has 1 heteroatoms. The highest BCUT2D eigenvalue weighted by Crippen LogP contribution is 2.57. The van der Waals surface area contributed by atoms with E-state index in [1.807, 2.05) is 6.07 Å². The fraction of sp³-hybridized carbons (Fsp3) is 0.0323. The minimum Gasteiger partial charge on any atom is -0.456 e. The van der Waals surface area contributed by atoms with Crippen LogP contribution in [0.2, 0.25) is 0 Å². The van der Waals surface area contributed by atoms with Gasteiger partial charge in [0.2, 0.25) is 0 Å². The molecule has 1 heterocycles. The van der Waals surface area contributed by atoms with E-state index in [0.29, 0.717) is 0 Å². The quantitative estimate of drug-likeness (QED) is 0.283. The van der Waals surface area contributed by atoms with Gasteiger partial charge in [-0.15, -0.1) is 0 Å². The van der Waals surface area contributed by atoms with Crippen LogP contribution in [0.5, 0.6) is 0 Å². The molecular formula is C31H20O. The lowest BCUT2D eigenvalue weighted by atomic mass is 9.67. The molecule has 1 nitrogen and oxygen atoms in total. The van der Waals surface area contributed by atoms with Crippen molar-refractivity contribution in [2.45, 2.75) is 5.41 Å². The Kier molecular flexibility index (Phi) is 3.54. The van der Waals surface area contributed by atoms with Gasteiger partial charge in [0, 0.05) is 10.8 Å². The van der Waals surface area contributed by atoms with Crippen molar-refractivity contribution in [3.8, 4) is 11.1 Å². The fourth-order valence-electron chi connectivity index (χ4n) is 5.66. The van der Waals surface area contributed by atoms with Crippen molar-refractivity contribution >= 4 is 21.9 Å². The van der Waals surface area contributed by atoms with Crippen LogP contribution in [0.3, 0.4) is 0 Å². The molecule has 1 aliphatic carbocycles. The summed E-state index contributed by atoms with van der Waals surface area (Å²) in [6.07, 6.45) is 0. The van der Waals surface area contributed by atoms with E-state index in [0.717, 1.165) is 11.2 Å². The largest absolute Gasteiger partial charge is 0.456 e. The SMILES string of the molecule is c1ccc(C2(c3ccccc3)c3ccccc3-c3cc4c(cc32)oc2ccccc24)cc1. The van der Waals surface area contributed by atoms with E-state index in [2.05, 4.69) is 115 Å². The average molecular weight is 409 g/mol. The van der Waals surface area contributed by atoms with Crippen molar-refractivity contribution < 1.29 is 4.42 Å². The number of rotatable bonds is 2. The van der Waals surface area contributed by atoms with Gasteiger partial charge < -0.3 is 4.42 Å². The second-order valence-corrected chi connectivity index (χ2v) is 8.52. The van der Waals surface area contributed by atoms with Gasteiger partial charge in [0.25, 0.3) is 0 Å². The van der Waals surface area contributed by atoms with E-state index in [1.165, 1.54) is 44.2 Å². The van der Waals surface area contributed by atoms with E-state index in [4.69, 9.17) is 4.42 Å². The van der Waals surface area contributed by atoms with E-state index in [9.17, 15) is 0 Å². The van der Waals surface area contributed by atoms with Crippen LogP contribution in [0.1, 0.15) is 22.3 Å². The highest BCUT2D eigenvalue weighted by atomic mass is 16.3. The molecule has 0 saturated carbocycles. The molecule has 0 amide bonds. The van der Waals surface area contributed by atoms with Crippen molar-refractivity contribution in [2.24, 2.45) is 0 Å². The Morgan fingerprint density at radius 3 is 1.81 bits per heavy atom. The molecule has 1 aliphatic rings. The molecule has 0 aliphatic heterocycles. The molecule has 0 atom stereocenters. The Morgan fingerprint density at radius 1 is 0.438 bits per heavy atom. The third-order valence-corrected chi connectivity index (χ3v) is 6.96. The van der Waals surface area contributed by atoms with Gasteiger partial charge >= 0.3 is 0 Å². The van der Waals surface area contributed by atoms with Crippen LogP contribution in [-0.4, -0.2) is 0 Å². The first-order valence-corrected chi connectivity index (χ1v) is 11.0. The van der Waals surface area contributed by atoms with Crippen molar-refractivity contribution in [3.05, 3.63) is 144 Å². The molecule has 150 valence electrons. The normalized spacial score (nSPS) is 13.9. The molecule has 32 heavy (non-hydrogen) atoms. The fourth-order valence-corrected chi connectivity index (χ4v) is 5.66. The molecule has 0 spiro atoms. The molecule has 0 radical (unpaired) electrons. The van der Waals surface area contributed by atoms with Crippen molar-refractivity contribution in [1.82, 2.24) is 0 Å². The summed E-state index contributed by atoms with van der Waals surface area (Å²) in [7, 11) is 0. The third-order valence-electron chi connectivity index (χ3n) is 6.96. The minimum atomic E-state index is -0.387. The second kappa shape index (κ2) is 6.45. The molecule has 1 aromatic heterocycles. The maximum atomic E-state index is 6.34. The number of hydrogen-bond donors (Lipinski definition) is 0. The Hall–Kier alpha value is -4.10.